The van der Waals surface area contributed by atoms with Gasteiger partial charge in [-0.15, -0.1) is 11.8 Å². The topological polar surface area (TPSA) is 108 Å². The Morgan fingerprint density at radius 2 is 2.50 bits per heavy atom. The number of carbonyl (C=O) groups is 1. The van der Waals surface area contributed by atoms with E-state index in [0.717, 1.165) is 0 Å². The molecule has 0 saturated heterocycles. The molecule has 1 rings (SSSR count). The number of hydrogen-bond donors (Lipinski definition) is 3. The molecule has 2 atom stereocenters. The molecule has 0 saturated carbocycles. The number of allylic oxidation sites excluding steroid dienone is 1. The first kappa shape index (κ1) is 14.7. The molecule has 0 aromatic carbocycles. The summed E-state index contributed by atoms with van der Waals surface area (Å²) in [4.78, 5) is 19.0. The molecule has 0 amide bonds. The summed E-state index contributed by atoms with van der Waals surface area (Å²) in [6.07, 6.45) is 2.72. The van der Waals surface area contributed by atoms with Crippen LogP contribution in [-0.2, 0) is 4.79 Å². The number of aliphatic hydroxyl groups excluding tert-OH is 1. The van der Waals surface area contributed by atoms with Gasteiger partial charge in [-0.3, -0.25) is 4.99 Å². The first-order valence-corrected chi connectivity index (χ1v) is 6.61. The fourth-order valence-electron chi connectivity index (χ4n) is 1.59. The van der Waals surface area contributed by atoms with E-state index in [0.29, 0.717) is 24.4 Å². The molecule has 7 heteroatoms. The Balaban J connectivity index is 2.63. The van der Waals surface area contributed by atoms with Gasteiger partial charge in [-0.25, -0.2) is 9.79 Å². The van der Waals surface area contributed by atoms with Crippen LogP contribution < -0.4 is 5.73 Å². The maximum absolute atomic E-state index is 11.0. The summed E-state index contributed by atoms with van der Waals surface area (Å²) in [6, 6.07) is 0. The van der Waals surface area contributed by atoms with Crippen molar-refractivity contribution >= 4 is 29.8 Å². The van der Waals surface area contributed by atoms with E-state index in [1.807, 2.05) is 0 Å². The summed E-state index contributed by atoms with van der Waals surface area (Å²) >= 11 is 1.49. The van der Waals surface area contributed by atoms with Crippen molar-refractivity contribution in [1.29, 1.82) is 0 Å². The third-order valence-electron chi connectivity index (χ3n) is 2.26. The highest BCUT2D eigenvalue weighted by Crippen LogP contribution is 2.28. The largest absolute Gasteiger partial charge is 0.477 e. The first-order chi connectivity index (χ1) is 8.54. The lowest BCUT2D eigenvalue weighted by Gasteiger charge is -2.08. The molecule has 6 nitrogen and oxygen atoms in total. The van der Waals surface area contributed by atoms with E-state index >= 15 is 0 Å². The molecule has 0 fully saturated rings. The van der Waals surface area contributed by atoms with Crippen LogP contribution in [0.1, 0.15) is 13.3 Å². The van der Waals surface area contributed by atoms with Gasteiger partial charge in [0.1, 0.15) is 5.71 Å². The summed E-state index contributed by atoms with van der Waals surface area (Å²) in [7, 11) is 0. The van der Waals surface area contributed by atoms with Gasteiger partial charge in [0.2, 0.25) is 0 Å². The number of aliphatic carboxylic acids is 1. The summed E-state index contributed by atoms with van der Waals surface area (Å²) in [5, 5.41) is 18.1. The molecular formula is C11H17N3O3S. The van der Waals surface area contributed by atoms with Crippen LogP contribution in [0.25, 0.3) is 0 Å². The van der Waals surface area contributed by atoms with Crippen LogP contribution in [0.2, 0.25) is 0 Å². The van der Waals surface area contributed by atoms with Crippen molar-refractivity contribution in [2.24, 2.45) is 15.7 Å². The van der Waals surface area contributed by atoms with E-state index < -0.39 is 12.1 Å². The Morgan fingerprint density at radius 1 is 1.78 bits per heavy atom. The Morgan fingerprint density at radius 3 is 3.06 bits per heavy atom. The van der Waals surface area contributed by atoms with E-state index in [9.17, 15) is 9.90 Å². The quantitative estimate of drug-likeness (QED) is 0.365. The Kier molecular flexibility index (Phi) is 5.87. The molecule has 0 aromatic heterocycles. The van der Waals surface area contributed by atoms with Crippen molar-refractivity contribution in [2.45, 2.75) is 24.7 Å². The van der Waals surface area contributed by atoms with E-state index in [1.165, 1.54) is 18.1 Å². The maximum atomic E-state index is 11.0. The predicted octanol–water partition coefficient (Wildman–Crippen LogP) is 0.269. The highest BCUT2D eigenvalue weighted by atomic mass is 32.2. The molecule has 0 spiro atoms. The molecule has 0 bridgehead atoms. The Hall–Kier alpha value is -1.34. The minimum Gasteiger partial charge on any atom is -0.477 e. The van der Waals surface area contributed by atoms with Gasteiger partial charge < -0.3 is 15.9 Å². The third kappa shape index (κ3) is 4.50. The van der Waals surface area contributed by atoms with Crippen LogP contribution >= 0.6 is 11.8 Å². The third-order valence-corrected chi connectivity index (χ3v) is 3.47. The van der Waals surface area contributed by atoms with E-state index in [-0.39, 0.29) is 11.0 Å². The van der Waals surface area contributed by atoms with Crippen molar-refractivity contribution < 1.29 is 15.0 Å². The number of nitrogens with two attached hydrogens (primary N) is 1. The molecule has 1 aliphatic rings. The molecule has 0 aliphatic carbocycles. The second-order valence-corrected chi connectivity index (χ2v) is 5.13. The van der Waals surface area contributed by atoms with E-state index in [4.69, 9.17) is 10.8 Å². The molecule has 0 aromatic rings. The highest BCUT2D eigenvalue weighted by molar-refractivity contribution is 8.00. The zero-order valence-electron chi connectivity index (χ0n) is 10.1. The number of aliphatic imine (C=N–C) groups is 2. The molecule has 1 heterocycles. The molecule has 18 heavy (non-hydrogen) atoms. The molecule has 1 unspecified atom stereocenters. The molecule has 1 aliphatic heterocycles. The summed E-state index contributed by atoms with van der Waals surface area (Å²) in [6.45, 7) is 2.17. The lowest BCUT2D eigenvalue weighted by atomic mass is 10.2. The fraction of sp³-hybridized carbons (Fsp3) is 0.545. The van der Waals surface area contributed by atoms with Crippen LogP contribution in [0.4, 0.5) is 0 Å². The van der Waals surface area contributed by atoms with Gasteiger partial charge in [0.05, 0.1) is 17.7 Å². The van der Waals surface area contributed by atoms with Crippen molar-refractivity contribution in [1.82, 2.24) is 0 Å². The first-order valence-electron chi connectivity index (χ1n) is 5.57. The number of nitrogens with zero attached hydrogens (tertiary/aromatic N) is 2. The number of thioether (sulfide) groups is 1. The van der Waals surface area contributed by atoms with Crippen LogP contribution in [0.15, 0.2) is 21.8 Å². The predicted molar refractivity (Wildman–Crippen MR) is 73.2 cm³/mol. The SMILES string of the molecule is C[C@@H](O)C=C1CC(SCCN=CN)C(C(=O)O)=N1. The van der Waals surface area contributed by atoms with Gasteiger partial charge in [-0.2, -0.15) is 0 Å². The zero-order valence-corrected chi connectivity index (χ0v) is 10.9. The molecule has 4 N–H and O–H groups in total. The van der Waals surface area contributed by atoms with Gasteiger partial charge in [0, 0.05) is 24.4 Å². The van der Waals surface area contributed by atoms with Gasteiger partial charge in [0.25, 0.3) is 0 Å². The standard InChI is InChI=1S/C11H17N3O3S/c1-7(15)4-8-5-9(10(14-8)11(16)17)18-3-2-13-6-12/h4,6-7,9,15H,2-3,5H2,1H3,(H2,12,13)(H,16,17)/t7-,9?/m1/s1. The Bertz CT molecular complexity index is 391. The van der Waals surface area contributed by atoms with E-state index in [1.54, 1.807) is 13.0 Å². The minimum absolute atomic E-state index is 0.142. The van der Waals surface area contributed by atoms with Crippen molar-refractivity contribution in [3.05, 3.63) is 11.8 Å². The summed E-state index contributed by atoms with van der Waals surface area (Å²) in [5.74, 6) is -0.323. The van der Waals surface area contributed by atoms with Crippen LogP contribution in [0.3, 0.4) is 0 Å². The number of hydrogen-bond acceptors (Lipinski definition) is 5. The van der Waals surface area contributed by atoms with Gasteiger partial charge in [-0.05, 0) is 13.0 Å². The van der Waals surface area contributed by atoms with Gasteiger partial charge in [0.15, 0.2) is 0 Å². The van der Waals surface area contributed by atoms with Crippen molar-refractivity contribution in [3.8, 4) is 0 Å². The summed E-state index contributed by atoms with van der Waals surface area (Å²) < 4.78 is 0. The number of rotatable bonds is 6. The molecular weight excluding hydrogens is 254 g/mol. The number of carboxylic acids is 1. The fourth-order valence-corrected chi connectivity index (χ4v) is 2.68. The lowest BCUT2D eigenvalue weighted by Crippen LogP contribution is -2.22. The van der Waals surface area contributed by atoms with Crippen molar-refractivity contribution in [3.63, 3.8) is 0 Å². The maximum Gasteiger partial charge on any atom is 0.351 e. The van der Waals surface area contributed by atoms with Crippen molar-refractivity contribution in [2.75, 3.05) is 12.3 Å². The average Bonchev–Trinajstić information content (AvgIpc) is 2.67. The van der Waals surface area contributed by atoms with E-state index in [2.05, 4.69) is 9.98 Å². The Labute approximate surface area is 110 Å². The van der Waals surface area contributed by atoms with Gasteiger partial charge >= 0.3 is 5.97 Å². The normalized spacial score (nSPS) is 23.6. The molecule has 0 radical (unpaired) electrons. The highest BCUT2D eigenvalue weighted by Gasteiger charge is 2.29. The van der Waals surface area contributed by atoms with Crippen LogP contribution in [0.5, 0.6) is 0 Å². The molecule has 100 valence electrons. The smallest absolute Gasteiger partial charge is 0.351 e. The monoisotopic (exact) mass is 271 g/mol. The lowest BCUT2D eigenvalue weighted by molar-refractivity contribution is -0.129. The number of aliphatic hydroxyl groups is 1. The van der Waals surface area contributed by atoms with Gasteiger partial charge in [-0.1, -0.05) is 0 Å². The number of carboxylic acid groups (broad SMARTS) is 1. The minimum atomic E-state index is -1.01. The summed E-state index contributed by atoms with van der Waals surface area (Å²) in [5.41, 5.74) is 5.89. The van der Waals surface area contributed by atoms with Crippen LogP contribution in [-0.4, -0.2) is 51.9 Å². The second kappa shape index (κ2) is 7.17. The van der Waals surface area contributed by atoms with Crippen LogP contribution in [0, 0.1) is 0 Å². The zero-order chi connectivity index (χ0) is 13.5. The average molecular weight is 271 g/mol. The second-order valence-electron chi connectivity index (χ2n) is 3.82.